The third-order valence-electron chi connectivity index (χ3n) is 3.52. The third kappa shape index (κ3) is 3.84. The lowest BCUT2D eigenvalue weighted by Crippen LogP contribution is -2.28. The molecule has 1 atom stereocenters. The average molecular weight is 326 g/mol. The molecule has 6 heteroatoms. The van der Waals surface area contributed by atoms with E-state index in [0.717, 1.165) is 21.8 Å². The van der Waals surface area contributed by atoms with Crippen LogP contribution < -0.4 is 5.32 Å². The van der Waals surface area contributed by atoms with Crippen molar-refractivity contribution >= 4 is 17.2 Å². The predicted molar refractivity (Wildman–Crippen MR) is 91.0 cm³/mol. The Morgan fingerprint density at radius 2 is 2.13 bits per heavy atom. The van der Waals surface area contributed by atoms with Crippen LogP contribution >= 0.6 is 11.3 Å². The molecule has 0 spiro atoms. The molecule has 0 saturated heterocycles. The standard InChI is InChI=1S/C17H18N4OS/c1-12(14-9-18-21(2)10-14)19-16(22)8-15-11-23-17(20-15)13-6-4-3-5-7-13/h3-7,9-12H,8H2,1-2H3,(H,19,22). The van der Waals surface area contributed by atoms with E-state index in [1.807, 2.05) is 55.9 Å². The predicted octanol–water partition coefficient (Wildman–Crippen LogP) is 2.96. The molecule has 0 bridgehead atoms. The minimum Gasteiger partial charge on any atom is -0.349 e. The van der Waals surface area contributed by atoms with Crippen LogP contribution in [-0.4, -0.2) is 20.7 Å². The van der Waals surface area contributed by atoms with Crippen LogP contribution in [0.2, 0.25) is 0 Å². The van der Waals surface area contributed by atoms with Gasteiger partial charge in [-0.15, -0.1) is 11.3 Å². The maximum absolute atomic E-state index is 12.2. The molecule has 118 valence electrons. The second kappa shape index (κ2) is 6.75. The normalized spacial score (nSPS) is 12.1. The highest BCUT2D eigenvalue weighted by molar-refractivity contribution is 7.13. The summed E-state index contributed by atoms with van der Waals surface area (Å²) >= 11 is 1.56. The van der Waals surface area contributed by atoms with Gasteiger partial charge in [0.1, 0.15) is 5.01 Å². The fraction of sp³-hybridized carbons (Fsp3) is 0.235. The number of thiazole rings is 1. The first-order chi connectivity index (χ1) is 11.1. The van der Waals surface area contributed by atoms with Crippen molar-refractivity contribution in [1.29, 1.82) is 0 Å². The summed E-state index contributed by atoms with van der Waals surface area (Å²) in [5.74, 6) is -0.0359. The van der Waals surface area contributed by atoms with Crippen LogP contribution in [0.1, 0.15) is 24.2 Å². The molecule has 0 aliphatic heterocycles. The number of hydrogen-bond donors (Lipinski definition) is 1. The molecule has 2 heterocycles. The minimum absolute atomic E-state index is 0.0359. The fourth-order valence-electron chi connectivity index (χ4n) is 2.31. The van der Waals surface area contributed by atoms with E-state index in [1.165, 1.54) is 0 Å². The van der Waals surface area contributed by atoms with Gasteiger partial charge in [-0.1, -0.05) is 30.3 Å². The third-order valence-corrected chi connectivity index (χ3v) is 4.46. The largest absolute Gasteiger partial charge is 0.349 e. The van der Waals surface area contributed by atoms with Crippen molar-refractivity contribution in [3.63, 3.8) is 0 Å². The van der Waals surface area contributed by atoms with Gasteiger partial charge in [-0.2, -0.15) is 5.10 Å². The fourth-order valence-corrected chi connectivity index (χ4v) is 3.13. The van der Waals surface area contributed by atoms with E-state index < -0.39 is 0 Å². The number of rotatable bonds is 5. The van der Waals surface area contributed by atoms with Gasteiger partial charge in [0, 0.05) is 29.8 Å². The van der Waals surface area contributed by atoms with Crippen molar-refractivity contribution in [1.82, 2.24) is 20.1 Å². The summed E-state index contributed by atoms with van der Waals surface area (Å²) in [6.45, 7) is 1.95. The maximum atomic E-state index is 12.2. The van der Waals surface area contributed by atoms with Crippen molar-refractivity contribution in [3.8, 4) is 10.6 Å². The Balaban J connectivity index is 1.61. The van der Waals surface area contributed by atoms with E-state index in [1.54, 1.807) is 22.2 Å². The monoisotopic (exact) mass is 326 g/mol. The molecule has 2 aromatic heterocycles. The molecule has 0 saturated carbocycles. The summed E-state index contributed by atoms with van der Waals surface area (Å²) in [6, 6.07) is 9.92. The zero-order valence-electron chi connectivity index (χ0n) is 13.1. The van der Waals surface area contributed by atoms with Crippen molar-refractivity contribution in [2.75, 3.05) is 0 Å². The van der Waals surface area contributed by atoms with Gasteiger partial charge >= 0.3 is 0 Å². The SMILES string of the molecule is CC(NC(=O)Cc1csc(-c2ccccc2)n1)c1cnn(C)c1. The number of benzene rings is 1. The van der Waals surface area contributed by atoms with Gasteiger partial charge in [0.25, 0.3) is 0 Å². The molecular weight excluding hydrogens is 308 g/mol. The van der Waals surface area contributed by atoms with Crippen LogP contribution in [-0.2, 0) is 18.3 Å². The van der Waals surface area contributed by atoms with Crippen LogP contribution in [0.25, 0.3) is 10.6 Å². The summed E-state index contributed by atoms with van der Waals surface area (Å²) < 4.78 is 1.73. The van der Waals surface area contributed by atoms with Crippen LogP contribution in [0.4, 0.5) is 0 Å². The van der Waals surface area contributed by atoms with Crippen molar-refractivity contribution in [3.05, 3.63) is 59.4 Å². The topological polar surface area (TPSA) is 59.8 Å². The van der Waals surface area contributed by atoms with Crippen molar-refractivity contribution in [2.24, 2.45) is 7.05 Å². The molecule has 1 unspecified atom stereocenters. The van der Waals surface area contributed by atoms with E-state index in [4.69, 9.17) is 0 Å². The van der Waals surface area contributed by atoms with Crippen LogP contribution in [0.15, 0.2) is 48.1 Å². The van der Waals surface area contributed by atoms with Crippen LogP contribution in [0.5, 0.6) is 0 Å². The van der Waals surface area contributed by atoms with Crippen molar-refractivity contribution < 1.29 is 4.79 Å². The lowest BCUT2D eigenvalue weighted by Gasteiger charge is -2.11. The summed E-state index contributed by atoms with van der Waals surface area (Å²) in [5.41, 5.74) is 2.86. The number of hydrogen-bond acceptors (Lipinski definition) is 4. The zero-order valence-corrected chi connectivity index (χ0v) is 13.9. The molecular formula is C17H18N4OS. The first-order valence-corrected chi connectivity index (χ1v) is 8.27. The van der Waals surface area contributed by atoms with E-state index in [-0.39, 0.29) is 18.4 Å². The number of amides is 1. The highest BCUT2D eigenvalue weighted by Crippen LogP contribution is 2.23. The number of nitrogens with zero attached hydrogens (tertiary/aromatic N) is 3. The first-order valence-electron chi connectivity index (χ1n) is 7.39. The highest BCUT2D eigenvalue weighted by Gasteiger charge is 2.13. The van der Waals surface area contributed by atoms with Crippen molar-refractivity contribution in [2.45, 2.75) is 19.4 Å². The molecule has 0 radical (unpaired) electrons. The molecule has 5 nitrogen and oxygen atoms in total. The Hall–Kier alpha value is -2.47. The minimum atomic E-state index is -0.0663. The number of aromatic nitrogens is 3. The smallest absolute Gasteiger partial charge is 0.226 e. The molecule has 3 rings (SSSR count). The lowest BCUT2D eigenvalue weighted by molar-refractivity contribution is -0.121. The summed E-state index contributed by atoms with van der Waals surface area (Å²) in [6.07, 6.45) is 3.95. The summed E-state index contributed by atoms with van der Waals surface area (Å²) in [5, 5.41) is 9.98. The number of aryl methyl sites for hydroxylation is 1. The Kier molecular flexibility index (Phi) is 4.52. The Labute approximate surface area is 139 Å². The molecule has 0 fully saturated rings. The summed E-state index contributed by atoms with van der Waals surface area (Å²) in [7, 11) is 1.86. The van der Waals surface area contributed by atoms with Gasteiger partial charge in [-0.3, -0.25) is 9.48 Å². The van der Waals surface area contributed by atoms with Gasteiger partial charge in [0.05, 0.1) is 24.4 Å². The molecule has 1 aromatic carbocycles. The van der Waals surface area contributed by atoms with E-state index in [9.17, 15) is 4.79 Å². The van der Waals surface area contributed by atoms with E-state index in [2.05, 4.69) is 15.4 Å². The Morgan fingerprint density at radius 3 is 2.83 bits per heavy atom. The summed E-state index contributed by atoms with van der Waals surface area (Å²) in [4.78, 5) is 16.7. The maximum Gasteiger partial charge on any atom is 0.226 e. The van der Waals surface area contributed by atoms with Gasteiger partial charge in [-0.05, 0) is 6.92 Å². The Bertz CT molecular complexity index is 794. The molecule has 0 aliphatic carbocycles. The zero-order chi connectivity index (χ0) is 16.2. The molecule has 3 aromatic rings. The highest BCUT2D eigenvalue weighted by atomic mass is 32.1. The first kappa shape index (κ1) is 15.4. The second-order valence-electron chi connectivity index (χ2n) is 5.42. The average Bonchev–Trinajstić information content (AvgIpc) is 3.17. The van der Waals surface area contributed by atoms with Gasteiger partial charge < -0.3 is 5.32 Å². The van der Waals surface area contributed by atoms with Gasteiger partial charge in [0.15, 0.2) is 0 Å². The van der Waals surface area contributed by atoms with Gasteiger partial charge in [-0.25, -0.2) is 4.98 Å². The lowest BCUT2D eigenvalue weighted by atomic mass is 10.2. The van der Waals surface area contributed by atoms with E-state index in [0.29, 0.717) is 0 Å². The molecule has 1 N–H and O–H groups in total. The second-order valence-corrected chi connectivity index (χ2v) is 6.28. The van der Waals surface area contributed by atoms with Crippen LogP contribution in [0.3, 0.4) is 0 Å². The number of nitrogens with one attached hydrogen (secondary N) is 1. The van der Waals surface area contributed by atoms with E-state index >= 15 is 0 Å². The quantitative estimate of drug-likeness (QED) is 0.784. The number of carbonyl (C=O) groups excluding carboxylic acids is 1. The molecule has 0 aliphatic rings. The van der Waals surface area contributed by atoms with Crippen LogP contribution in [0, 0.1) is 0 Å². The van der Waals surface area contributed by atoms with Gasteiger partial charge in [0.2, 0.25) is 5.91 Å². The molecule has 23 heavy (non-hydrogen) atoms. The number of carbonyl (C=O) groups is 1. The Morgan fingerprint density at radius 1 is 1.35 bits per heavy atom. The molecule has 1 amide bonds.